The molecule has 0 saturated heterocycles. The van der Waals surface area contributed by atoms with Gasteiger partial charge in [0.05, 0.1) is 47.0 Å². The number of likely N-dealkylation sites (N-methyl/N-ethyl adjacent to an activating group) is 1. The Hall–Kier alpha value is -1.63. The third-order valence-electron chi connectivity index (χ3n) is 2.29. The molecular weight excluding hydrogens is 266 g/mol. The first-order chi connectivity index (χ1) is 9.14. The molecule has 0 saturated carbocycles. The third-order valence-corrected chi connectivity index (χ3v) is 2.29. The maximum atomic E-state index is 11.6. The van der Waals surface area contributed by atoms with Gasteiger partial charge in [-0.05, 0) is 6.92 Å². The number of esters is 2. The van der Waals surface area contributed by atoms with Crippen molar-refractivity contribution in [3.63, 3.8) is 0 Å². The average Bonchev–Trinajstić information content (AvgIpc) is 2.23. The van der Waals surface area contributed by atoms with E-state index in [0.717, 1.165) is 0 Å². The fourth-order valence-electron chi connectivity index (χ4n) is 1.63. The van der Waals surface area contributed by atoms with Gasteiger partial charge < -0.3 is 19.1 Å². The summed E-state index contributed by atoms with van der Waals surface area (Å²) in [7, 11) is 5.63. The van der Waals surface area contributed by atoms with Crippen molar-refractivity contribution in [1.29, 1.82) is 0 Å². The number of hydrogen-bond acceptors (Lipinski definition) is 5. The number of quaternary nitrogens is 1. The van der Waals surface area contributed by atoms with Crippen molar-refractivity contribution in [2.75, 3.05) is 34.3 Å². The molecule has 0 amide bonds. The van der Waals surface area contributed by atoms with Crippen LogP contribution in [0.1, 0.15) is 26.2 Å². The zero-order chi connectivity index (χ0) is 15.8. The zero-order valence-corrected chi connectivity index (χ0v) is 12.5. The molecular formula is C13H24NO6+. The molecule has 0 spiro atoms. The van der Waals surface area contributed by atoms with Crippen LogP contribution in [0.25, 0.3) is 0 Å². The van der Waals surface area contributed by atoms with Crippen LogP contribution in [0.5, 0.6) is 0 Å². The molecule has 0 bridgehead atoms. The van der Waals surface area contributed by atoms with E-state index >= 15 is 0 Å². The predicted molar refractivity (Wildman–Crippen MR) is 70.9 cm³/mol. The molecule has 0 unspecified atom stereocenters. The summed E-state index contributed by atoms with van der Waals surface area (Å²) in [5.41, 5.74) is 0. The summed E-state index contributed by atoms with van der Waals surface area (Å²) in [5, 5.41) is 8.81. The maximum absolute atomic E-state index is 11.6. The Morgan fingerprint density at radius 2 is 1.65 bits per heavy atom. The van der Waals surface area contributed by atoms with E-state index in [2.05, 4.69) is 0 Å². The first-order valence-electron chi connectivity index (χ1n) is 6.51. The predicted octanol–water partition coefficient (Wildman–Crippen LogP) is 0.422. The van der Waals surface area contributed by atoms with Gasteiger partial charge in [0.1, 0.15) is 6.54 Å². The molecule has 0 radical (unpaired) electrons. The Bertz CT molecular complexity index is 347. The summed E-state index contributed by atoms with van der Waals surface area (Å²) in [6, 6.07) is 0. The topological polar surface area (TPSA) is 89.9 Å². The van der Waals surface area contributed by atoms with E-state index in [1.807, 2.05) is 21.1 Å². The van der Waals surface area contributed by atoms with E-state index in [0.29, 0.717) is 11.0 Å². The highest BCUT2D eigenvalue weighted by atomic mass is 16.5. The number of nitrogens with zero attached hydrogens (tertiary/aromatic N) is 1. The van der Waals surface area contributed by atoms with Crippen LogP contribution in [0.3, 0.4) is 0 Å². The lowest BCUT2D eigenvalue weighted by molar-refractivity contribution is -0.873. The van der Waals surface area contributed by atoms with E-state index < -0.39 is 24.0 Å². The Morgan fingerprint density at radius 1 is 1.10 bits per heavy atom. The van der Waals surface area contributed by atoms with Gasteiger partial charge >= 0.3 is 17.9 Å². The normalized spacial score (nSPS) is 12.6. The van der Waals surface area contributed by atoms with Gasteiger partial charge in [0.2, 0.25) is 0 Å². The first-order valence-corrected chi connectivity index (χ1v) is 6.51. The van der Waals surface area contributed by atoms with Gasteiger partial charge in [0.25, 0.3) is 0 Å². The van der Waals surface area contributed by atoms with Gasteiger partial charge in [0, 0.05) is 0 Å². The summed E-state index contributed by atoms with van der Waals surface area (Å²) >= 11 is 0. The van der Waals surface area contributed by atoms with E-state index in [9.17, 15) is 14.4 Å². The largest absolute Gasteiger partial charge is 0.481 e. The number of carboxylic acids is 1. The van der Waals surface area contributed by atoms with Gasteiger partial charge in [0.15, 0.2) is 6.10 Å². The number of rotatable bonds is 9. The highest BCUT2D eigenvalue weighted by molar-refractivity contribution is 5.78. The summed E-state index contributed by atoms with van der Waals surface area (Å²) in [4.78, 5) is 33.5. The lowest BCUT2D eigenvalue weighted by atomic mass is 10.2. The molecule has 116 valence electrons. The van der Waals surface area contributed by atoms with Gasteiger partial charge in [-0.1, -0.05) is 0 Å². The molecule has 0 aromatic carbocycles. The molecule has 0 aliphatic heterocycles. The van der Waals surface area contributed by atoms with Crippen LogP contribution >= 0.6 is 0 Å². The number of aliphatic carboxylic acids is 1. The minimum absolute atomic E-state index is 0.0587. The van der Waals surface area contributed by atoms with Crippen molar-refractivity contribution in [2.24, 2.45) is 0 Å². The molecule has 1 atom stereocenters. The summed E-state index contributed by atoms with van der Waals surface area (Å²) in [6.45, 7) is 2.33. The maximum Gasteiger partial charge on any atom is 0.307 e. The van der Waals surface area contributed by atoms with Gasteiger partial charge in [-0.25, -0.2) is 0 Å². The minimum atomic E-state index is -1.03. The van der Waals surface area contributed by atoms with Crippen molar-refractivity contribution in [2.45, 2.75) is 32.3 Å². The fraction of sp³-hybridized carbons (Fsp3) is 0.769. The van der Waals surface area contributed by atoms with Crippen LogP contribution in [0.4, 0.5) is 0 Å². The molecule has 0 fully saturated rings. The third kappa shape index (κ3) is 10.3. The van der Waals surface area contributed by atoms with Gasteiger partial charge in [-0.3, -0.25) is 14.4 Å². The van der Waals surface area contributed by atoms with E-state index in [-0.39, 0.29) is 25.9 Å². The second kappa shape index (κ2) is 8.52. The second-order valence-corrected chi connectivity index (χ2v) is 5.49. The highest BCUT2D eigenvalue weighted by Gasteiger charge is 2.25. The van der Waals surface area contributed by atoms with Crippen LogP contribution in [0.2, 0.25) is 0 Å². The number of hydrogen-bond donors (Lipinski definition) is 1. The molecule has 0 aliphatic carbocycles. The molecule has 0 aromatic rings. The van der Waals surface area contributed by atoms with Crippen LogP contribution in [-0.2, 0) is 23.9 Å². The zero-order valence-electron chi connectivity index (χ0n) is 12.5. The summed E-state index contributed by atoms with van der Waals surface area (Å²) in [5.74, 6) is -2.08. The van der Waals surface area contributed by atoms with E-state index in [1.165, 1.54) is 0 Å². The Kier molecular flexibility index (Phi) is 7.83. The van der Waals surface area contributed by atoms with Crippen molar-refractivity contribution >= 4 is 17.9 Å². The SMILES string of the molecule is CCOC(=O)CCC(=O)O[C@H](CC(=O)O)C[N+](C)(C)C. The lowest BCUT2D eigenvalue weighted by Crippen LogP contribution is -2.43. The molecule has 1 N–H and O–H groups in total. The number of carboxylic acid groups (broad SMARTS) is 1. The standard InChI is InChI=1S/C13H23NO6/c1-5-19-12(17)6-7-13(18)20-10(8-11(15)16)9-14(2,3)4/h10H,5-9H2,1-4H3/p+1/t10-/m1/s1. The molecule has 7 heteroatoms. The summed E-state index contributed by atoms with van der Waals surface area (Å²) < 4.78 is 10.3. The van der Waals surface area contributed by atoms with E-state index in [4.69, 9.17) is 14.6 Å². The van der Waals surface area contributed by atoms with Gasteiger partial charge in [-0.15, -0.1) is 0 Å². The van der Waals surface area contributed by atoms with E-state index in [1.54, 1.807) is 6.92 Å². The Labute approximate surface area is 119 Å². The average molecular weight is 290 g/mol. The fourth-order valence-corrected chi connectivity index (χ4v) is 1.63. The molecule has 7 nitrogen and oxygen atoms in total. The summed E-state index contributed by atoms with van der Waals surface area (Å²) in [6.07, 6.45) is -1.12. The Balaban J connectivity index is 4.31. The molecule has 0 aromatic heterocycles. The smallest absolute Gasteiger partial charge is 0.307 e. The second-order valence-electron chi connectivity index (χ2n) is 5.49. The molecule has 0 heterocycles. The minimum Gasteiger partial charge on any atom is -0.481 e. The van der Waals surface area contributed by atoms with Crippen LogP contribution in [-0.4, -0.2) is 67.9 Å². The molecule has 0 rings (SSSR count). The lowest BCUT2D eigenvalue weighted by Gasteiger charge is -2.28. The van der Waals surface area contributed by atoms with Crippen molar-refractivity contribution in [1.82, 2.24) is 0 Å². The number of carbonyl (C=O) groups excluding carboxylic acids is 2. The monoisotopic (exact) mass is 290 g/mol. The number of carbonyl (C=O) groups is 3. The quantitative estimate of drug-likeness (QED) is 0.489. The number of ether oxygens (including phenoxy) is 2. The van der Waals surface area contributed by atoms with Gasteiger partial charge in [-0.2, -0.15) is 0 Å². The van der Waals surface area contributed by atoms with Crippen LogP contribution in [0, 0.1) is 0 Å². The molecule has 0 aliphatic rings. The van der Waals surface area contributed by atoms with Crippen LogP contribution < -0.4 is 0 Å². The van der Waals surface area contributed by atoms with Crippen molar-refractivity contribution < 1.29 is 33.4 Å². The Morgan fingerprint density at radius 3 is 2.10 bits per heavy atom. The first kappa shape index (κ1) is 18.4. The molecule has 20 heavy (non-hydrogen) atoms. The van der Waals surface area contributed by atoms with Crippen LogP contribution in [0.15, 0.2) is 0 Å². The van der Waals surface area contributed by atoms with Crippen molar-refractivity contribution in [3.8, 4) is 0 Å². The van der Waals surface area contributed by atoms with Crippen molar-refractivity contribution in [3.05, 3.63) is 0 Å². The highest BCUT2D eigenvalue weighted by Crippen LogP contribution is 2.07.